The zero-order valence-corrected chi connectivity index (χ0v) is 12.0. The van der Waals surface area contributed by atoms with Crippen molar-refractivity contribution >= 4 is 27.1 Å². The molecule has 0 amide bonds. The molecule has 0 spiro atoms. The van der Waals surface area contributed by atoms with Crippen LogP contribution in [0.25, 0.3) is 0 Å². The van der Waals surface area contributed by atoms with Crippen molar-refractivity contribution in [2.24, 2.45) is 5.92 Å². The molecule has 0 aromatic heterocycles. The molecule has 0 aliphatic carbocycles. The highest BCUT2D eigenvalue weighted by atomic mass is 35.5. The Morgan fingerprint density at radius 1 is 1.25 bits per heavy atom. The highest BCUT2D eigenvalue weighted by molar-refractivity contribution is 7.92. The molecule has 1 aromatic rings. The first-order chi connectivity index (χ1) is 9.25. The lowest BCUT2D eigenvalue weighted by molar-refractivity contribution is -0.0436. The third-order valence-corrected chi connectivity index (χ3v) is 5.26. The first-order valence-electron chi connectivity index (χ1n) is 5.98. The monoisotopic (exact) mass is 327 g/mol. The largest absolute Gasteiger partial charge is 0.501 e. The van der Waals surface area contributed by atoms with Crippen LogP contribution in [-0.2, 0) is 9.84 Å². The number of hydrogen-bond donors (Lipinski definition) is 0. The van der Waals surface area contributed by atoms with Crippen molar-refractivity contribution in [1.29, 1.82) is 0 Å². The molecule has 0 saturated carbocycles. The lowest BCUT2D eigenvalue weighted by atomic mass is 10.2. The molecule has 8 heteroatoms. The summed E-state index contributed by atoms with van der Waals surface area (Å²) >= 11 is 5.76. The summed E-state index contributed by atoms with van der Waals surface area (Å²) in [5, 5.41) is 0. The molecule has 3 nitrogen and oxygen atoms in total. The molecule has 0 bridgehead atoms. The molecule has 1 saturated heterocycles. The van der Waals surface area contributed by atoms with Gasteiger partial charge in [-0.1, -0.05) is 0 Å². The summed E-state index contributed by atoms with van der Waals surface area (Å²) in [6.07, 6.45) is 0.923. The Morgan fingerprint density at radius 2 is 1.85 bits per heavy atom. The van der Waals surface area contributed by atoms with E-state index in [9.17, 15) is 21.6 Å². The van der Waals surface area contributed by atoms with Gasteiger partial charge in [0.05, 0.1) is 4.90 Å². The Hall–Kier alpha value is -0.950. The van der Waals surface area contributed by atoms with Crippen molar-refractivity contribution in [3.63, 3.8) is 0 Å². The number of hydrogen-bond acceptors (Lipinski definition) is 3. The van der Waals surface area contributed by atoms with Crippen molar-refractivity contribution in [3.05, 3.63) is 24.3 Å². The third kappa shape index (κ3) is 2.88. The van der Waals surface area contributed by atoms with Crippen LogP contribution >= 0.6 is 11.6 Å². The minimum absolute atomic E-state index is 0.357. The Labute approximate surface area is 120 Å². The second kappa shape index (κ2) is 5.44. The second-order valence-electron chi connectivity index (χ2n) is 4.70. The Kier molecular flexibility index (Phi) is 4.20. The number of anilines is 1. The predicted molar refractivity (Wildman–Crippen MR) is 70.7 cm³/mol. The summed E-state index contributed by atoms with van der Waals surface area (Å²) in [5.41, 5.74) is -4.56. The number of nitrogens with zero attached hydrogens (tertiary/aromatic N) is 1. The van der Waals surface area contributed by atoms with E-state index in [2.05, 4.69) is 0 Å². The Balaban J connectivity index is 2.20. The third-order valence-electron chi connectivity index (χ3n) is 3.32. The van der Waals surface area contributed by atoms with Gasteiger partial charge in [-0.2, -0.15) is 13.2 Å². The molecule has 1 atom stereocenters. The zero-order chi connectivity index (χ0) is 15.0. The summed E-state index contributed by atoms with van der Waals surface area (Å²) in [6, 6.07) is 4.78. The summed E-state index contributed by atoms with van der Waals surface area (Å²) in [4.78, 5) is 1.25. The van der Waals surface area contributed by atoms with Gasteiger partial charge in [0.15, 0.2) is 0 Å². The van der Waals surface area contributed by atoms with Gasteiger partial charge < -0.3 is 4.90 Å². The van der Waals surface area contributed by atoms with E-state index in [4.69, 9.17) is 11.6 Å². The molecule has 0 radical (unpaired) electrons. The maximum absolute atomic E-state index is 12.4. The van der Waals surface area contributed by atoms with Crippen molar-refractivity contribution in [2.75, 3.05) is 23.9 Å². The van der Waals surface area contributed by atoms with E-state index in [-0.39, 0.29) is 0 Å². The first-order valence-corrected chi connectivity index (χ1v) is 8.00. The highest BCUT2D eigenvalue weighted by Gasteiger charge is 2.46. The Morgan fingerprint density at radius 3 is 2.30 bits per heavy atom. The van der Waals surface area contributed by atoms with E-state index in [1.807, 2.05) is 4.90 Å². The number of sulfone groups is 1. The van der Waals surface area contributed by atoms with Crippen LogP contribution in [0.3, 0.4) is 0 Å². The fourth-order valence-corrected chi connectivity index (χ4v) is 3.18. The molecule has 2 rings (SSSR count). The van der Waals surface area contributed by atoms with Gasteiger partial charge in [-0.25, -0.2) is 8.42 Å². The lowest BCUT2D eigenvalue weighted by Crippen LogP contribution is -2.23. The standard InChI is InChI=1S/C12H13ClF3NO2S/c13-7-9-5-6-17(8-9)10-1-3-11(4-2-10)20(18,19)12(14,15)16/h1-4,9H,5-8H2. The van der Waals surface area contributed by atoms with Gasteiger partial charge in [0, 0.05) is 24.7 Å². The van der Waals surface area contributed by atoms with Gasteiger partial charge in [-0.15, -0.1) is 11.6 Å². The minimum atomic E-state index is -5.27. The molecule has 1 aliphatic heterocycles. The van der Waals surface area contributed by atoms with Gasteiger partial charge in [0.2, 0.25) is 0 Å². The molecule has 1 aliphatic rings. The summed E-state index contributed by atoms with van der Waals surface area (Å²) in [7, 11) is -5.27. The van der Waals surface area contributed by atoms with Crippen LogP contribution in [0, 0.1) is 5.92 Å². The summed E-state index contributed by atoms with van der Waals surface area (Å²) < 4.78 is 59.7. The van der Waals surface area contributed by atoms with Gasteiger partial charge >= 0.3 is 5.51 Å². The van der Waals surface area contributed by atoms with Crippen LogP contribution in [0.5, 0.6) is 0 Å². The molecule has 1 heterocycles. The van der Waals surface area contributed by atoms with E-state index in [0.717, 1.165) is 31.6 Å². The number of rotatable bonds is 3. The molecule has 1 aromatic carbocycles. The maximum atomic E-state index is 12.4. The molecule has 20 heavy (non-hydrogen) atoms. The molecule has 112 valence electrons. The quantitative estimate of drug-likeness (QED) is 0.801. The second-order valence-corrected chi connectivity index (χ2v) is 6.95. The van der Waals surface area contributed by atoms with Crippen LogP contribution in [0.4, 0.5) is 18.9 Å². The first kappa shape index (κ1) is 15.4. The fourth-order valence-electron chi connectivity index (χ4n) is 2.16. The van der Waals surface area contributed by atoms with E-state index >= 15 is 0 Å². The lowest BCUT2D eigenvalue weighted by Gasteiger charge is -2.18. The molecular formula is C12H13ClF3NO2S. The topological polar surface area (TPSA) is 37.4 Å². The van der Waals surface area contributed by atoms with Crippen LogP contribution in [0.2, 0.25) is 0 Å². The number of halogens is 4. The molecule has 0 N–H and O–H groups in total. The van der Waals surface area contributed by atoms with Crippen LogP contribution < -0.4 is 4.90 Å². The van der Waals surface area contributed by atoms with E-state index in [0.29, 0.717) is 17.5 Å². The number of benzene rings is 1. The smallest absolute Gasteiger partial charge is 0.371 e. The number of alkyl halides is 4. The summed E-state index contributed by atoms with van der Waals surface area (Å²) in [5.74, 6) is 0.895. The van der Waals surface area contributed by atoms with Crippen molar-refractivity contribution in [1.82, 2.24) is 0 Å². The zero-order valence-electron chi connectivity index (χ0n) is 10.4. The Bertz CT molecular complexity index is 571. The highest BCUT2D eigenvalue weighted by Crippen LogP contribution is 2.32. The predicted octanol–water partition coefficient (Wildman–Crippen LogP) is 3.05. The van der Waals surface area contributed by atoms with Gasteiger partial charge in [-0.05, 0) is 36.6 Å². The summed E-state index contributed by atoms with van der Waals surface area (Å²) in [6.45, 7) is 1.50. The van der Waals surface area contributed by atoms with Crippen LogP contribution in [0.1, 0.15) is 6.42 Å². The SMILES string of the molecule is O=S(=O)(c1ccc(N2CCC(CCl)C2)cc1)C(F)(F)F. The van der Waals surface area contributed by atoms with Crippen molar-refractivity contribution in [3.8, 4) is 0 Å². The maximum Gasteiger partial charge on any atom is 0.501 e. The fraction of sp³-hybridized carbons (Fsp3) is 0.500. The molecular weight excluding hydrogens is 315 g/mol. The van der Waals surface area contributed by atoms with Crippen LogP contribution in [-0.4, -0.2) is 32.9 Å². The van der Waals surface area contributed by atoms with Gasteiger partial charge in [-0.3, -0.25) is 0 Å². The molecule has 1 fully saturated rings. The normalized spacial score (nSPS) is 20.4. The van der Waals surface area contributed by atoms with E-state index < -0.39 is 20.2 Å². The minimum Gasteiger partial charge on any atom is -0.371 e. The van der Waals surface area contributed by atoms with E-state index in [1.165, 1.54) is 12.1 Å². The van der Waals surface area contributed by atoms with Crippen molar-refractivity contribution < 1.29 is 21.6 Å². The average Bonchev–Trinajstić information content (AvgIpc) is 2.86. The van der Waals surface area contributed by atoms with Gasteiger partial charge in [0.1, 0.15) is 0 Å². The average molecular weight is 328 g/mol. The van der Waals surface area contributed by atoms with Crippen molar-refractivity contribution in [2.45, 2.75) is 16.8 Å². The van der Waals surface area contributed by atoms with Crippen LogP contribution in [0.15, 0.2) is 29.2 Å². The van der Waals surface area contributed by atoms with E-state index in [1.54, 1.807) is 0 Å². The van der Waals surface area contributed by atoms with Gasteiger partial charge in [0.25, 0.3) is 9.84 Å². The molecule has 1 unspecified atom stereocenters.